The number of benzene rings is 2. The molecule has 0 aliphatic heterocycles. The quantitative estimate of drug-likeness (QED) is 0.893. The van der Waals surface area contributed by atoms with Gasteiger partial charge in [0.1, 0.15) is 12.4 Å². The summed E-state index contributed by atoms with van der Waals surface area (Å²) >= 11 is 0. The van der Waals surface area contributed by atoms with Crippen molar-refractivity contribution in [2.24, 2.45) is 5.73 Å². The lowest BCUT2D eigenvalue weighted by Crippen LogP contribution is -2.15. The van der Waals surface area contributed by atoms with Crippen LogP contribution >= 0.6 is 0 Å². The molecule has 1 amide bonds. The zero-order valence-electron chi connectivity index (χ0n) is 10.9. The average Bonchev–Trinajstić information content (AvgIpc) is 2.45. The first kappa shape index (κ1) is 13.1. The molecule has 0 radical (unpaired) electrons. The maximum atomic E-state index is 11.4. The second-order valence-corrected chi connectivity index (χ2v) is 4.31. The summed E-state index contributed by atoms with van der Waals surface area (Å²) in [5.74, 6) is 0.356. The highest BCUT2D eigenvalue weighted by Gasteiger charge is 2.09. The van der Waals surface area contributed by atoms with Gasteiger partial charge >= 0.3 is 0 Å². The van der Waals surface area contributed by atoms with Gasteiger partial charge in [0.2, 0.25) is 5.91 Å². The second kappa shape index (κ2) is 6.05. The predicted octanol–water partition coefficient (Wildman–Crippen LogP) is 2.93. The van der Waals surface area contributed by atoms with E-state index in [1.807, 2.05) is 42.5 Å². The standard InChI is InChI=1S/C16H17NO2/c1-2-12-8-9-15(16(17)18)13(10-12)11-19-14-6-4-3-5-7-14/h3-10H,2,11H2,1H3,(H2,17,18). The lowest BCUT2D eigenvalue weighted by atomic mass is 10.0. The number of primary amides is 1. The van der Waals surface area contributed by atoms with Crippen molar-refractivity contribution >= 4 is 5.91 Å². The van der Waals surface area contributed by atoms with Gasteiger partial charge in [-0.3, -0.25) is 4.79 Å². The number of ether oxygens (including phenoxy) is 1. The Morgan fingerprint density at radius 1 is 1.16 bits per heavy atom. The van der Waals surface area contributed by atoms with Crippen LogP contribution in [0.3, 0.4) is 0 Å². The minimum atomic E-state index is -0.422. The van der Waals surface area contributed by atoms with E-state index in [0.717, 1.165) is 23.3 Å². The molecule has 0 aliphatic carbocycles. The monoisotopic (exact) mass is 255 g/mol. The minimum Gasteiger partial charge on any atom is -0.489 e. The number of para-hydroxylation sites is 1. The Morgan fingerprint density at radius 3 is 2.53 bits per heavy atom. The van der Waals surface area contributed by atoms with E-state index in [1.54, 1.807) is 6.07 Å². The number of carbonyl (C=O) groups excluding carboxylic acids is 1. The fourth-order valence-corrected chi connectivity index (χ4v) is 1.90. The highest BCUT2D eigenvalue weighted by Crippen LogP contribution is 2.16. The predicted molar refractivity (Wildman–Crippen MR) is 75.1 cm³/mol. The second-order valence-electron chi connectivity index (χ2n) is 4.31. The first-order valence-electron chi connectivity index (χ1n) is 6.30. The molecule has 0 heterocycles. The molecule has 0 spiro atoms. The summed E-state index contributed by atoms with van der Waals surface area (Å²) in [6.45, 7) is 2.41. The Labute approximate surface area is 113 Å². The van der Waals surface area contributed by atoms with E-state index in [-0.39, 0.29) is 0 Å². The van der Waals surface area contributed by atoms with Crippen LogP contribution in [0, 0.1) is 0 Å². The van der Waals surface area contributed by atoms with Crippen LogP contribution in [0.15, 0.2) is 48.5 Å². The molecule has 2 aromatic rings. The molecule has 0 unspecified atom stereocenters. The third kappa shape index (κ3) is 3.35. The molecule has 2 aromatic carbocycles. The van der Waals surface area contributed by atoms with Crippen molar-refractivity contribution in [2.45, 2.75) is 20.0 Å². The molecule has 3 heteroatoms. The van der Waals surface area contributed by atoms with Gasteiger partial charge in [-0.05, 0) is 30.2 Å². The van der Waals surface area contributed by atoms with Crippen molar-refractivity contribution in [1.29, 1.82) is 0 Å². The molecule has 19 heavy (non-hydrogen) atoms. The van der Waals surface area contributed by atoms with E-state index in [2.05, 4.69) is 6.92 Å². The molecule has 0 aromatic heterocycles. The van der Waals surface area contributed by atoms with Gasteiger partial charge in [-0.15, -0.1) is 0 Å². The van der Waals surface area contributed by atoms with Crippen molar-refractivity contribution in [1.82, 2.24) is 0 Å². The van der Waals surface area contributed by atoms with Crippen molar-refractivity contribution in [3.05, 3.63) is 65.2 Å². The van der Waals surface area contributed by atoms with Gasteiger partial charge in [-0.1, -0.05) is 37.3 Å². The number of hydrogen-bond donors (Lipinski definition) is 1. The number of nitrogens with two attached hydrogens (primary N) is 1. The van der Waals surface area contributed by atoms with E-state index in [4.69, 9.17) is 10.5 Å². The van der Waals surface area contributed by atoms with Gasteiger partial charge in [0, 0.05) is 11.1 Å². The normalized spacial score (nSPS) is 10.2. The Hall–Kier alpha value is -2.29. The maximum Gasteiger partial charge on any atom is 0.249 e. The number of amides is 1. The molecule has 0 bridgehead atoms. The van der Waals surface area contributed by atoms with Crippen LogP contribution in [-0.2, 0) is 13.0 Å². The van der Waals surface area contributed by atoms with Crippen molar-refractivity contribution < 1.29 is 9.53 Å². The Balaban J connectivity index is 2.20. The number of aryl methyl sites for hydroxylation is 1. The third-order valence-corrected chi connectivity index (χ3v) is 2.98. The van der Waals surface area contributed by atoms with E-state index < -0.39 is 5.91 Å². The van der Waals surface area contributed by atoms with Crippen LogP contribution in [0.4, 0.5) is 0 Å². The van der Waals surface area contributed by atoms with Gasteiger partial charge in [-0.2, -0.15) is 0 Å². The van der Waals surface area contributed by atoms with E-state index in [1.165, 1.54) is 0 Å². The van der Waals surface area contributed by atoms with Gasteiger partial charge in [0.25, 0.3) is 0 Å². The summed E-state index contributed by atoms with van der Waals surface area (Å²) in [6.07, 6.45) is 0.914. The SMILES string of the molecule is CCc1ccc(C(N)=O)c(COc2ccccc2)c1. The van der Waals surface area contributed by atoms with Crippen molar-refractivity contribution in [3.63, 3.8) is 0 Å². The molecule has 0 saturated carbocycles. The fourth-order valence-electron chi connectivity index (χ4n) is 1.90. The van der Waals surface area contributed by atoms with Crippen molar-refractivity contribution in [2.75, 3.05) is 0 Å². The van der Waals surface area contributed by atoms with Gasteiger partial charge < -0.3 is 10.5 Å². The van der Waals surface area contributed by atoms with Crippen molar-refractivity contribution in [3.8, 4) is 5.75 Å². The highest BCUT2D eigenvalue weighted by molar-refractivity contribution is 5.94. The van der Waals surface area contributed by atoms with Crippen LogP contribution in [0.25, 0.3) is 0 Å². The summed E-state index contributed by atoms with van der Waals surface area (Å²) in [5, 5.41) is 0. The van der Waals surface area contributed by atoms with Crippen LogP contribution in [0.1, 0.15) is 28.4 Å². The molecule has 0 aliphatic rings. The molecule has 0 atom stereocenters. The topological polar surface area (TPSA) is 52.3 Å². The Morgan fingerprint density at radius 2 is 1.89 bits per heavy atom. The van der Waals surface area contributed by atoms with Crippen LogP contribution < -0.4 is 10.5 Å². The lowest BCUT2D eigenvalue weighted by Gasteiger charge is -2.10. The molecule has 0 fully saturated rings. The minimum absolute atomic E-state index is 0.343. The lowest BCUT2D eigenvalue weighted by molar-refractivity contribution is 0.0998. The maximum absolute atomic E-state index is 11.4. The Bertz CT molecular complexity index is 564. The zero-order valence-corrected chi connectivity index (χ0v) is 10.9. The summed E-state index contributed by atoms with van der Waals surface area (Å²) in [4.78, 5) is 11.4. The van der Waals surface area contributed by atoms with E-state index in [9.17, 15) is 4.79 Å². The van der Waals surface area contributed by atoms with Crippen LogP contribution in [-0.4, -0.2) is 5.91 Å². The molecular formula is C16H17NO2. The average molecular weight is 255 g/mol. The van der Waals surface area contributed by atoms with Crippen LogP contribution in [0.5, 0.6) is 5.75 Å². The summed E-state index contributed by atoms with van der Waals surface area (Å²) in [7, 11) is 0. The third-order valence-electron chi connectivity index (χ3n) is 2.98. The molecular weight excluding hydrogens is 238 g/mol. The summed E-state index contributed by atoms with van der Waals surface area (Å²) in [6, 6.07) is 15.2. The molecule has 3 nitrogen and oxygen atoms in total. The number of hydrogen-bond acceptors (Lipinski definition) is 2. The number of rotatable bonds is 5. The zero-order chi connectivity index (χ0) is 13.7. The largest absolute Gasteiger partial charge is 0.489 e. The van der Waals surface area contributed by atoms with Gasteiger partial charge in [0.15, 0.2) is 0 Å². The highest BCUT2D eigenvalue weighted by atomic mass is 16.5. The van der Waals surface area contributed by atoms with Gasteiger partial charge in [0.05, 0.1) is 0 Å². The number of carbonyl (C=O) groups is 1. The molecule has 2 rings (SSSR count). The molecule has 2 N–H and O–H groups in total. The summed E-state index contributed by atoms with van der Waals surface area (Å²) < 4.78 is 5.67. The van der Waals surface area contributed by atoms with Gasteiger partial charge in [-0.25, -0.2) is 0 Å². The molecule has 98 valence electrons. The van der Waals surface area contributed by atoms with E-state index in [0.29, 0.717) is 12.2 Å². The first-order chi connectivity index (χ1) is 9.20. The smallest absolute Gasteiger partial charge is 0.249 e. The van der Waals surface area contributed by atoms with E-state index >= 15 is 0 Å². The Kier molecular flexibility index (Phi) is 4.18. The first-order valence-corrected chi connectivity index (χ1v) is 6.30. The van der Waals surface area contributed by atoms with Crippen LogP contribution in [0.2, 0.25) is 0 Å². The molecule has 0 saturated heterocycles. The fraction of sp³-hybridized carbons (Fsp3) is 0.188. The summed E-state index contributed by atoms with van der Waals surface area (Å²) in [5.41, 5.74) is 7.89.